The minimum atomic E-state index is 0.373. The van der Waals surface area contributed by atoms with Gasteiger partial charge in [0.2, 0.25) is 5.96 Å². The summed E-state index contributed by atoms with van der Waals surface area (Å²) in [6.45, 7) is 8.82. The molecule has 8 rings (SSSR count). The van der Waals surface area contributed by atoms with Gasteiger partial charge in [-0.15, -0.1) is 0 Å². The molecule has 0 amide bonds. The average Bonchev–Trinajstić information content (AvgIpc) is 3.50. The number of hydrogen-bond donors (Lipinski definition) is 0. The second-order valence-corrected chi connectivity index (χ2v) is 12.8. The molecule has 0 N–H and O–H groups in total. The number of anilines is 2. The first-order valence-electron chi connectivity index (χ1n) is 16.1. The molecule has 0 fully saturated rings. The molecule has 0 radical (unpaired) electrons. The van der Waals surface area contributed by atoms with E-state index in [1.165, 1.54) is 11.1 Å². The molecule has 0 saturated heterocycles. The standard InChI is InChI=1S/C42H30Cl2N6/c1-45-35-12-6-8-14-37(35)49-26-29-9-3-4-10-32(29)33-23-24-38-39(40(33)49)34-11-5-7-13-36(34)50(38)42(47-25-27-15-19-30(43)20-16-27)48-41(46-2)28-17-21-31(44)22-18-28/h3-24H,1-2,25-26H2/b47-42?,48-41-. The van der Waals surface area contributed by atoms with Gasteiger partial charge >= 0.3 is 0 Å². The first kappa shape index (κ1) is 31.4. The summed E-state index contributed by atoms with van der Waals surface area (Å²) in [6, 6.07) is 44.6. The molecule has 1 aliphatic rings. The van der Waals surface area contributed by atoms with Crippen molar-refractivity contribution in [2.24, 2.45) is 20.0 Å². The zero-order valence-electron chi connectivity index (χ0n) is 27.0. The van der Waals surface area contributed by atoms with E-state index in [1.54, 1.807) is 0 Å². The lowest BCUT2D eigenvalue weighted by Crippen LogP contribution is -2.22. The van der Waals surface area contributed by atoms with Crippen LogP contribution in [0.1, 0.15) is 16.7 Å². The Morgan fingerprint density at radius 3 is 2.16 bits per heavy atom. The Morgan fingerprint density at radius 1 is 0.680 bits per heavy atom. The molecule has 1 aliphatic heterocycles. The Hall–Kier alpha value is -5.82. The van der Waals surface area contributed by atoms with E-state index in [0.717, 1.165) is 55.6 Å². The number of para-hydroxylation sites is 3. The van der Waals surface area contributed by atoms with Gasteiger partial charge < -0.3 is 4.90 Å². The highest BCUT2D eigenvalue weighted by Gasteiger charge is 2.29. The predicted molar refractivity (Wildman–Crippen MR) is 212 cm³/mol. The van der Waals surface area contributed by atoms with Gasteiger partial charge in [-0.3, -0.25) is 9.56 Å². The molecule has 0 unspecified atom stereocenters. The molecular weight excluding hydrogens is 659 g/mol. The minimum Gasteiger partial charge on any atom is -0.334 e. The quantitative estimate of drug-likeness (QED) is 0.131. The van der Waals surface area contributed by atoms with Crippen molar-refractivity contribution < 1.29 is 0 Å². The first-order valence-corrected chi connectivity index (χ1v) is 16.9. The van der Waals surface area contributed by atoms with Crippen molar-refractivity contribution in [3.05, 3.63) is 160 Å². The van der Waals surface area contributed by atoms with Crippen LogP contribution in [0.2, 0.25) is 10.0 Å². The van der Waals surface area contributed by atoms with E-state index >= 15 is 0 Å². The maximum absolute atomic E-state index is 6.23. The molecule has 7 aromatic rings. The highest BCUT2D eigenvalue weighted by atomic mass is 35.5. The summed E-state index contributed by atoms with van der Waals surface area (Å²) < 4.78 is 2.12. The van der Waals surface area contributed by atoms with Gasteiger partial charge in [0.15, 0.2) is 5.84 Å². The highest BCUT2D eigenvalue weighted by Crippen LogP contribution is 2.50. The van der Waals surface area contributed by atoms with E-state index in [0.29, 0.717) is 34.9 Å². The summed E-state index contributed by atoms with van der Waals surface area (Å²) in [7, 11) is 0. The number of aliphatic imine (C=N–C) groups is 4. The number of benzene rings is 6. The van der Waals surface area contributed by atoms with E-state index in [4.69, 9.17) is 33.2 Å². The van der Waals surface area contributed by atoms with Gasteiger partial charge in [-0.25, -0.2) is 9.98 Å². The van der Waals surface area contributed by atoms with Crippen LogP contribution in [0.15, 0.2) is 153 Å². The van der Waals surface area contributed by atoms with Gasteiger partial charge in [-0.05, 0) is 90.8 Å². The van der Waals surface area contributed by atoms with Crippen molar-refractivity contribution in [1.82, 2.24) is 4.57 Å². The third-order valence-corrected chi connectivity index (χ3v) is 9.54. The van der Waals surface area contributed by atoms with Crippen LogP contribution in [-0.2, 0) is 13.1 Å². The summed E-state index contributed by atoms with van der Waals surface area (Å²) in [6.07, 6.45) is 0. The third-order valence-electron chi connectivity index (χ3n) is 9.03. The Bertz CT molecular complexity index is 2490. The molecular formula is C42H30Cl2N6. The Labute approximate surface area is 300 Å². The maximum atomic E-state index is 6.23. The van der Waals surface area contributed by atoms with E-state index in [9.17, 15) is 0 Å². The van der Waals surface area contributed by atoms with Crippen molar-refractivity contribution in [1.29, 1.82) is 0 Å². The summed E-state index contributed by atoms with van der Waals surface area (Å²) in [5.41, 5.74) is 10.2. The third kappa shape index (κ3) is 5.58. The van der Waals surface area contributed by atoms with Gasteiger partial charge in [0.1, 0.15) is 0 Å². The molecule has 0 aliphatic carbocycles. The van der Waals surface area contributed by atoms with Crippen molar-refractivity contribution in [2.75, 3.05) is 4.90 Å². The van der Waals surface area contributed by atoms with Crippen molar-refractivity contribution in [2.45, 2.75) is 13.1 Å². The average molecular weight is 690 g/mol. The van der Waals surface area contributed by atoms with Gasteiger partial charge in [0, 0.05) is 38.5 Å². The van der Waals surface area contributed by atoms with Crippen LogP contribution < -0.4 is 4.90 Å². The lowest BCUT2D eigenvalue weighted by molar-refractivity contribution is 0.966. The van der Waals surface area contributed by atoms with Crippen LogP contribution >= 0.6 is 23.2 Å². The second-order valence-electron chi connectivity index (χ2n) is 11.9. The monoisotopic (exact) mass is 688 g/mol. The number of rotatable bonds is 5. The topological polar surface area (TPSA) is 57.6 Å². The van der Waals surface area contributed by atoms with Crippen LogP contribution in [0.3, 0.4) is 0 Å². The van der Waals surface area contributed by atoms with Crippen LogP contribution in [-0.4, -0.2) is 29.8 Å². The minimum absolute atomic E-state index is 0.373. The summed E-state index contributed by atoms with van der Waals surface area (Å²) in [5, 5.41) is 3.45. The lowest BCUT2D eigenvalue weighted by Gasteiger charge is -2.34. The summed E-state index contributed by atoms with van der Waals surface area (Å²) >= 11 is 12.4. The normalized spacial score (nSPS) is 13.0. The fourth-order valence-electron chi connectivity index (χ4n) is 6.75. The number of halogens is 2. The van der Waals surface area contributed by atoms with Gasteiger partial charge in [0.05, 0.1) is 34.6 Å². The molecule has 8 heteroatoms. The molecule has 1 aromatic heterocycles. The van der Waals surface area contributed by atoms with Gasteiger partial charge in [-0.2, -0.15) is 4.99 Å². The van der Waals surface area contributed by atoms with Gasteiger partial charge in [0.25, 0.3) is 0 Å². The van der Waals surface area contributed by atoms with Crippen LogP contribution in [0, 0.1) is 0 Å². The van der Waals surface area contributed by atoms with E-state index < -0.39 is 0 Å². The molecule has 0 saturated carbocycles. The fraction of sp³-hybridized carbons (Fsp3) is 0.0476. The Morgan fingerprint density at radius 2 is 1.38 bits per heavy atom. The van der Waals surface area contributed by atoms with Crippen LogP contribution in [0.5, 0.6) is 0 Å². The largest absolute Gasteiger partial charge is 0.334 e. The van der Waals surface area contributed by atoms with Crippen molar-refractivity contribution in [3.8, 4) is 11.1 Å². The molecule has 6 nitrogen and oxygen atoms in total. The van der Waals surface area contributed by atoms with Crippen molar-refractivity contribution >= 4 is 87.3 Å². The fourth-order valence-corrected chi connectivity index (χ4v) is 7.00. The number of fused-ring (bicyclic) bond motifs is 7. The van der Waals surface area contributed by atoms with Crippen LogP contribution in [0.25, 0.3) is 32.9 Å². The van der Waals surface area contributed by atoms with E-state index in [-0.39, 0.29) is 0 Å². The SMILES string of the molecule is C=N/C(=N\C(=NCc1ccc(Cl)cc1)n1c2ccccc2c2c3c(ccc21)-c1ccccc1CN3c1ccccc1N=C)c1ccc(Cl)cc1. The molecule has 0 atom stereocenters. The molecule has 242 valence electrons. The predicted octanol–water partition coefficient (Wildman–Crippen LogP) is 11.3. The van der Waals surface area contributed by atoms with E-state index in [2.05, 4.69) is 93.6 Å². The number of hydrogen-bond acceptors (Lipinski definition) is 3. The number of nitrogens with zero attached hydrogens (tertiary/aromatic N) is 6. The number of amidine groups is 1. The summed E-state index contributed by atoms with van der Waals surface area (Å²) in [5.74, 6) is 0.904. The van der Waals surface area contributed by atoms with Crippen molar-refractivity contribution in [3.63, 3.8) is 0 Å². The molecule has 0 bridgehead atoms. The zero-order valence-corrected chi connectivity index (χ0v) is 28.5. The van der Waals surface area contributed by atoms with Crippen LogP contribution in [0.4, 0.5) is 17.1 Å². The lowest BCUT2D eigenvalue weighted by atomic mass is 9.90. The maximum Gasteiger partial charge on any atom is 0.232 e. The zero-order chi connectivity index (χ0) is 34.2. The first-order chi connectivity index (χ1) is 24.5. The molecule has 6 aromatic carbocycles. The van der Waals surface area contributed by atoms with E-state index in [1.807, 2.05) is 72.8 Å². The Kier molecular flexibility index (Phi) is 8.33. The van der Waals surface area contributed by atoms with Gasteiger partial charge in [-0.1, -0.05) is 96.0 Å². The Balaban J connectivity index is 1.43. The highest BCUT2D eigenvalue weighted by molar-refractivity contribution is 6.31. The molecule has 0 spiro atoms. The summed E-state index contributed by atoms with van der Waals surface area (Å²) in [4.78, 5) is 21.4. The molecule has 50 heavy (non-hydrogen) atoms. The smallest absolute Gasteiger partial charge is 0.232 e. The second kappa shape index (κ2) is 13.2. The molecule has 2 heterocycles. The number of aromatic nitrogens is 1.